The second kappa shape index (κ2) is 11.0. The summed E-state index contributed by atoms with van der Waals surface area (Å²) in [5.74, 6) is 0.910. The number of aromatic hydroxyl groups is 1. The van der Waals surface area contributed by atoms with Crippen molar-refractivity contribution in [1.29, 1.82) is 0 Å². The van der Waals surface area contributed by atoms with E-state index in [2.05, 4.69) is 15.5 Å². The SMILES string of the molecule is CSc1cccc2cc(O)cc(-n3ncc4c(C5CC6CNCC5CN6)nc(OC[C@@]56CCCN5C[C@H](F)C6)cc4c3=O)c12. The minimum Gasteiger partial charge on any atom is -0.508 e. The third-order valence-electron chi connectivity index (χ3n) is 10.3. The molecular formula is C33H37FN6O3S. The van der Waals surface area contributed by atoms with Gasteiger partial charge in [-0.3, -0.25) is 9.69 Å². The van der Waals surface area contributed by atoms with Gasteiger partial charge in [0.2, 0.25) is 5.88 Å². The van der Waals surface area contributed by atoms with Gasteiger partial charge in [-0.1, -0.05) is 12.1 Å². The molecule has 2 aromatic heterocycles. The number of ether oxygens (including phenoxy) is 1. The average molecular weight is 617 g/mol. The van der Waals surface area contributed by atoms with Gasteiger partial charge in [0.25, 0.3) is 5.56 Å². The highest BCUT2D eigenvalue weighted by Crippen LogP contribution is 2.42. The monoisotopic (exact) mass is 616 g/mol. The molecule has 5 aliphatic heterocycles. The maximum atomic E-state index is 14.5. The predicted molar refractivity (Wildman–Crippen MR) is 170 cm³/mol. The molecule has 0 spiro atoms. The zero-order valence-electron chi connectivity index (χ0n) is 24.8. The highest BCUT2D eigenvalue weighted by Gasteiger charge is 2.49. The van der Waals surface area contributed by atoms with E-state index in [0.29, 0.717) is 48.5 Å². The number of phenols is 1. The lowest BCUT2D eigenvalue weighted by molar-refractivity contribution is 0.110. The van der Waals surface area contributed by atoms with E-state index < -0.39 is 6.17 Å². The zero-order chi connectivity index (χ0) is 30.0. The van der Waals surface area contributed by atoms with Crippen LogP contribution >= 0.6 is 11.8 Å². The third kappa shape index (κ3) is 4.67. The Morgan fingerprint density at radius 1 is 1.20 bits per heavy atom. The Balaban J connectivity index is 1.28. The molecule has 5 fully saturated rings. The average Bonchev–Trinajstić information content (AvgIpc) is 3.35. The fourth-order valence-electron chi connectivity index (χ4n) is 8.21. The fraction of sp³-hybridized carbons (Fsp3) is 0.485. The van der Waals surface area contributed by atoms with E-state index in [1.807, 2.05) is 24.5 Å². The van der Waals surface area contributed by atoms with Crippen molar-refractivity contribution in [3.8, 4) is 17.3 Å². The molecule has 3 N–H and O–H groups in total. The third-order valence-corrected chi connectivity index (χ3v) is 11.1. The Hall–Kier alpha value is -3.25. The number of hydrogen-bond donors (Lipinski definition) is 3. The number of alkyl halides is 1. The van der Waals surface area contributed by atoms with E-state index in [1.54, 1.807) is 36.2 Å². The number of thioether (sulfide) groups is 1. The van der Waals surface area contributed by atoms with Crippen LogP contribution in [0.15, 0.2) is 52.3 Å². The van der Waals surface area contributed by atoms with Crippen molar-refractivity contribution in [3.63, 3.8) is 0 Å². The second-order valence-electron chi connectivity index (χ2n) is 12.9. The van der Waals surface area contributed by atoms with Gasteiger partial charge in [0.1, 0.15) is 18.5 Å². The van der Waals surface area contributed by atoms with Gasteiger partial charge in [0.05, 0.1) is 28.5 Å². The molecule has 4 aromatic rings. The molecule has 2 bridgehead atoms. The van der Waals surface area contributed by atoms with Crippen molar-refractivity contribution in [2.24, 2.45) is 5.92 Å². The van der Waals surface area contributed by atoms with Gasteiger partial charge in [-0.05, 0) is 62.0 Å². The summed E-state index contributed by atoms with van der Waals surface area (Å²) in [6.07, 6.45) is 6.21. The lowest BCUT2D eigenvalue weighted by Gasteiger charge is -2.34. The molecule has 9 nitrogen and oxygen atoms in total. The smallest absolute Gasteiger partial charge is 0.279 e. The molecule has 3 unspecified atom stereocenters. The number of benzene rings is 2. The molecule has 230 valence electrons. The normalized spacial score (nSPS) is 28.5. The highest BCUT2D eigenvalue weighted by atomic mass is 32.2. The van der Waals surface area contributed by atoms with Crippen LogP contribution in [0, 0.1) is 5.92 Å². The van der Waals surface area contributed by atoms with E-state index in [0.717, 1.165) is 72.2 Å². The van der Waals surface area contributed by atoms with Crippen LogP contribution in [-0.4, -0.2) is 88.1 Å². The van der Waals surface area contributed by atoms with Gasteiger partial charge in [0.15, 0.2) is 0 Å². The molecule has 0 amide bonds. The van der Waals surface area contributed by atoms with Crippen LogP contribution < -0.4 is 20.9 Å². The molecule has 2 aromatic carbocycles. The van der Waals surface area contributed by atoms with Gasteiger partial charge in [0, 0.05) is 65.8 Å². The molecule has 5 aliphatic rings. The molecule has 0 aliphatic carbocycles. The summed E-state index contributed by atoms with van der Waals surface area (Å²) in [4.78, 5) is 22.7. The van der Waals surface area contributed by atoms with Crippen LogP contribution in [0.2, 0.25) is 0 Å². The van der Waals surface area contributed by atoms with Crippen LogP contribution in [0.5, 0.6) is 11.6 Å². The van der Waals surface area contributed by atoms with Gasteiger partial charge < -0.3 is 20.5 Å². The minimum atomic E-state index is -0.845. The number of piperidine rings is 1. The Bertz CT molecular complexity index is 1810. The number of rotatable bonds is 6. The summed E-state index contributed by atoms with van der Waals surface area (Å²) in [6.45, 7) is 4.34. The largest absolute Gasteiger partial charge is 0.508 e. The summed E-state index contributed by atoms with van der Waals surface area (Å²) in [7, 11) is 0. The van der Waals surface area contributed by atoms with E-state index in [-0.39, 0.29) is 22.8 Å². The van der Waals surface area contributed by atoms with Crippen molar-refractivity contribution in [3.05, 3.63) is 58.6 Å². The molecule has 7 heterocycles. The summed E-state index contributed by atoms with van der Waals surface area (Å²) in [6, 6.07) is 11.3. The maximum Gasteiger partial charge on any atom is 0.279 e. The lowest BCUT2D eigenvalue weighted by Crippen LogP contribution is -2.43. The minimum absolute atomic E-state index is 0.0663. The van der Waals surface area contributed by atoms with Gasteiger partial charge in [-0.15, -0.1) is 11.8 Å². The second-order valence-corrected chi connectivity index (χ2v) is 13.8. The van der Waals surface area contributed by atoms with E-state index >= 15 is 0 Å². The molecule has 44 heavy (non-hydrogen) atoms. The Kier molecular flexibility index (Phi) is 7.04. The Morgan fingerprint density at radius 2 is 2.11 bits per heavy atom. The number of pyridine rings is 1. The topological polar surface area (TPSA) is 105 Å². The summed E-state index contributed by atoms with van der Waals surface area (Å²) >= 11 is 1.58. The number of phenolic OH excluding ortho intramolecular Hbond substituents is 1. The van der Waals surface area contributed by atoms with Crippen LogP contribution in [0.4, 0.5) is 4.39 Å². The number of nitrogens with one attached hydrogen (secondary N) is 2. The number of nitrogens with zero attached hydrogens (tertiary/aromatic N) is 4. The number of aromatic nitrogens is 3. The molecular weight excluding hydrogens is 579 g/mol. The molecule has 5 saturated heterocycles. The van der Waals surface area contributed by atoms with E-state index in [9.17, 15) is 14.3 Å². The summed E-state index contributed by atoms with van der Waals surface area (Å²) < 4.78 is 22.4. The van der Waals surface area contributed by atoms with E-state index in [1.165, 1.54) is 4.68 Å². The number of fused-ring (bicyclic) bond motifs is 7. The molecule has 5 atom stereocenters. The number of hydrogen-bond acceptors (Lipinski definition) is 9. The molecule has 0 radical (unpaired) electrons. The molecule has 9 rings (SSSR count). The van der Waals surface area contributed by atoms with Gasteiger partial charge >= 0.3 is 0 Å². The summed E-state index contributed by atoms with van der Waals surface area (Å²) in [5, 5.41) is 25.4. The van der Waals surface area contributed by atoms with Crippen LogP contribution in [0.3, 0.4) is 0 Å². The summed E-state index contributed by atoms with van der Waals surface area (Å²) in [5.41, 5.74) is 0.758. The van der Waals surface area contributed by atoms with Crippen molar-refractivity contribution >= 4 is 33.3 Å². The quantitative estimate of drug-likeness (QED) is 0.278. The van der Waals surface area contributed by atoms with Gasteiger partial charge in [-0.25, -0.2) is 9.37 Å². The predicted octanol–water partition coefficient (Wildman–Crippen LogP) is 3.98. The number of halogens is 1. The first kappa shape index (κ1) is 28.2. The first-order valence-corrected chi connectivity index (χ1v) is 16.8. The van der Waals surface area contributed by atoms with Crippen LogP contribution in [0.1, 0.15) is 37.3 Å². The van der Waals surface area contributed by atoms with Crippen LogP contribution in [-0.2, 0) is 0 Å². The Labute approximate surface area is 259 Å². The first-order valence-electron chi connectivity index (χ1n) is 15.6. The fourth-order valence-corrected chi connectivity index (χ4v) is 8.85. The lowest BCUT2D eigenvalue weighted by atomic mass is 9.81. The van der Waals surface area contributed by atoms with Crippen LogP contribution in [0.25, 0.3) is 27.2 Å². The zero-order valence-corrected chi connectivity index (χ0v) is 25.6. The van der Waals surface area contributed by atoms with Crippen molar-refractivity contribution < 1.29 is 14.2 Å². The Morgan fingerprint density at radius 3 is 3.00 bits per heavy atom. The standard InChI is InChI=1S/C33H37FN6O3S/c1-44-28-5-2-4-19-8-23(41)10-27(30(19)28)40-32(42)25-11-29(43-18-33-6-3-7-39(33)17-21(34)12-33)38-31(26(25)16-37-40)24-9-22-15-35-13-20(24)14-36-22/h2,4-5,8,10-11,16,20-22,24,35-36,41H,3,6-7,9,12-15,17-18H2,1H3/t20?,21-,22?,24?,33+/m1/s1. The van der Waals surface area contributed by atoms with Crippen molar-refractivity contribution in [2.45, 2.75) is 54.2 Å². The van der Waals surface area contributed by atoms with E-state index in [4.69, 9.17) is 14.8 Å². The molecule has 0 saturated carbocycles. The maximum absolute atomic E-state index is 14.5. The highest BCUT2D eigenvalue weighted by molar-refractivity contribution is 7.98. The first-order chi connectivity index (χ1) is 21.4. The van der Waals surface area contributed by atoms with Crippen molar-refractivity contribution in [1.82, 2.24) is 30.3 Å². The molecule has 11 heteroatoms. The van der Waals surface area contributed by atoms with Crippen molar-refractivity contribution in [2.75, 3.05) is 45.6 Å². The van der Waals surface area contributed by atoms with Gasteiger partial charge in [-0.2, -0.15) is 9.78 Å².